The molecule has 2 aromatic heterocycles. The van der Waals surface area contributed by atoms with E-state index >= 15 is 0 Å². The second-order valence-corrected chi connectivity index (χ2v) is 8.55. The van der Waals surface area contributed by atoms with Crippen molar-refractivity contribution in [3.8, 4) is 0 Å². The Bertz CT molecular complexity index is 1600. The average molecular weight is 403 g/mol. The van der Waals surface area contributed by atoms with Crippen molar-refractivity contribution in [3.63, 3.8) is 0 Å². The summed E-state index contributed by atoms with van der Waals surface area (Å²) in [7, 11) is 0. The van der Waals surface area contributed by atoms with Gasteiger partial charge in [0.05, 0.1) is 11.0 Å². The van der Waals surface area contributed by atoms with E-state index in [1.807, 2.05) is 0 Å². The van der Waals surface area contributed by atoms with E-state index in [1.54, 1.807) is 0 Å². The average Bonchev–Trinajstić information content (AvgIpc) is 3.31. The topological polar surface area (TPSA) is 9.86 Å². The van der Waals surface area contributed by atoms with Crippen LogP contribution in [0.25, 0.3) is 43.6 Å². The minimum Gasteiger partial charge on any atom is -0.341 e. The van der Waals surface area contributed by atoms with Crippen LogP contribution in [0.5, 0.6) is 0 Å². The van der Waals surface area contributed by atoms with Crippen molar-refractivity contribution in [2.45, 2.75) is 33.9 Å². The van der Waals surface area contributed by atoms with Crippen molar-refractivity contribution in [3.05, 3.63) is 95.6 Å². The number of aromatic nitrogens is 2. The molecule has 2 nitrogen and oxygen atoms in total. The van der Waals surface area contributed by atoms with E-state index in [1.165, 1.54) is 60.3 Å². The van der Waals surface area contributed by atoms with Crippen LogP contribution in [0.2, 0.25) is 0 Å². The van der Waals surface area contributed by atoms with Gasteiger partial charge in [0.1, 0.15) is 0 Å². The molecule has 0 fully saturated rings. The van der Waals surface area contributed by atoms with Crippen LogP contribution >= 0.6 is 0 Å². The van der Waals surface area contributed by atoms with Crippen LogP contribution in [0.15, 0.2) is 78.9 Å². The van der Waals surface area contributed by atoms with Crippen molar-refractivity contribution in [2.24, 2.45) is 0 Å². The Kier molecular flexibility index (Phi) is 3.97. The summed E-state index contributed by atoms with van der Waals surface area (Å²) in [6.07, 6.45) is 0. The Morgan fingerprint density at radius 2 is 1.06 bits per heavy atom. The Morgan fingerprint density at radius 3 is 1.65 bits per heavy atom. The van der Waals surface area contributed by atoms with Crippen LogP contribution < -0.4 is 0 Å². The first kappa shape index (κ1) is 18.3. The molecule has 152 valence electrons. The lowest BCUT2D eigenvalue weighted by atomic mass is 9.98. The molecule has 0 aliphatic carbocycles. The summed E-state index contributed by atoms with van der Waals surface area (Å²) in [4.78, 5) is 0. The minimum atomic E-state index is 0.878. The molecule has 6 aromatic rings. The SMILES string of the molecule is CCn1c2ccccc2c2c3c4ccccc4n(Cc4ccccc4)c3c(C)c(C)c21. The molecule has 0 N–H and O–H groups in total. The first-order valence-electron chi connectivity index (χ1n) is 11.2. The van der Waals surface area contributed by atoms with Gasteiger partial charge in [-0.1, -0.05) is 66.7 Å². The van der Waals surface area contributed by atoms with Gasteiger partial charge in [-0.05, 0) is 49.6 Å². The molecule has 0 radical (unpaired) electrons. The maximum Gasteiger partial charge on any atom is 0.0534 e. The van der Waals surface area contributed by atoms with Gasteiger partial charge in [0, 0.05) is 45.7 Å². The van der Waals surface area contributed by atoms with Crippen LogP contribution in [0.1, 0.15) is 23.6 Å². The van der Waals surface area contributed by atoms with Crippen LogP contribution in [-0.2, 0) is 13.1 Å². The molecule has 0 saturated carbocycles. The number of para-hydroxylation sites is 2. The lowest BCUT2D eigenvalue weighted by Gasteiger charge is -2.14. The number of fused-ring (bicyclic) bond motifs is 7. The maximum absolute atomic E-state index is 2.53. The zero-order chi connectivity index (χ0) is 21.1. The zero-order valence-electron chi connectivity index (χ0n) is 18.3. The highest BCUT2D eigenvalue weighted by Crippen LogP contribution is 2.43. The molecule has 0 saturated heterocycles. The van der Waals surface area contributed by atoms with Gasteiger partial charge < -0.3 is 9.13 Å². The lowest BCUT2D eigenvalue weighted by Crippen LogP contribution is -2.02. The summed E-state index contributed by atoms with van der Waals surface area (Å²) in [5.41, 5.74) is 9.49. The Balaban J connectivity index is 1.88. The van der Waals surface area contributed by atoms with Crippen LogP contribution in [0.4, 0.5) is 0 Å². The first-order valence-corrected chi connectivity index (χ1v) is 11.2. The van der Waals surface area contributed by atoms with Gasteiger partial charge in [0.15, 0.2) is 0 Å². The summed E-state index contributed by atoms with van der Waals surface area (Å²) in [6, 6.07) is 28.6. The molecule has 0 amide bonds. The van der Waals surface area contributed by atoms with Crippen molar-refractivity contribution in [2.75, 3.05) is 0 Å². The second kappa shape index (κ2) is 6.75. The number of hydrogen-bond acceptors (Lipinski definition) is 0. The van der Waals surface area contributed by atoms with Gasteiger partial charge in [-0.25, -0.2) is 0 Å². The molecular formula is C29H26N2. The fraction of sp³-hybridized carbons (Fsp3) is 0.172. The van der Waals surface area contributed by atoms with Gasteiger partial charge in [0.2, 0.25) is 0 Å². The predicted octanol–water partition coefficient (Wildman–Crippen LogP) is 7.59. The number of rotatable bonds is 3. The van der Waals surface area contributed by atoms with E-state index in [2.05, 4.69) is 109 Å². The highest BCUT2D eigenvalue weighted by molar-refractivity contribution is 6.29. The van der Waals surface area contributed by atoms with E-state index in [0.717, 1.165) is 13.1 Å². The lowest BCUT2D eigenvalue weighted by molar-refractivity contribution is 0.824. The van der Waals surface area contributed by atoms with E-state index < -0.39 is 0 Å². The van der Waals surface area contributed by atoms with E-state index in [-0.39, 0.29) is 0 Å². The summed E-state index contributed by atoms with van der Waals surface area (Å²) < 4.78 is 5.02. The molecule has 0 aliphatic heterocycles. The van der Waals surface area contributed by atoms with Gasteiger partial charge in [-0.3, -0.25) is 0 Å². The quantitative estimate of drug-likeness (QED) is 0.289. The molecule has 0 aliphatic rings. The predicted molar refractivity (Wildman–Crippen MR) is 133 cm³/mol. The summed E-state index contributed by atoms with van der Waals surface area (Å²) in [6.45, 7) is 8.70. The molecule has 6 rings (SSSR count). The summed E-state index contributed by atoms with van der Waals surface area (Å²) in [5, 5.41) is 5.50. The van der Waals surface area contributed by atoms with Crippen LogP contribution in [-0.4, -0.2) is 9.13 Å². The van der Waals surface area contributed by atoms with Crippen molar-refractivity contribution < 1.29 is 0 Å². The molecule has 2 heteroatoms. The number of nitrogens with zero attached hydrogens (tertiary/aromatic N) is 2. The van der Waals surface area contributed by atoms with Gasteiger partial charge in [-0.15, -0.1) is 0 Å². The van der Waals surface area contributed by atoms with Gasteiger partial charge in [0.25, 0.3) is 0 Å². The smallest absolute Gasteiger partial charge is 0.0534 e. The normalized spacial score (nSPS) is 12.0. The van der Waals surface area contributed by atoms with Crippen molar-refractivity contribution in [1.29, 1.82) is 0 Å². The van der Waals surface area contributed by atoms with Crippen LogP contribution in [0.3, 0.4) is 0 Å². The Morgan fingerprint density at radius 1 is 0.581 bits per heavy atom. The third kappa shape index (κ3) is 2.45. The largest absolute Gasteiger partial charge is 0.341 e. The van der Waals surface area contributed by atoms with Crippen molar-refractivity contribution in [1.82, 2.24) is 9.13 Å². The first-order chi connectivity index (χ1) is 15.2. The Hall–Kier alpha value is -3.52. The van der Waals surface area contributed by atoms with E-state index in [4.69, 9.17) is 0 Å². The highest BCUT2D eigenvalue weighted by atomic mass is 15.0. The third-order valence-electron chi connectivity index (χ3n) is 6.96. The summed E-state index contributed by atoms with van der Waals surface area (Å²) in [5.74, 6) is 0. The summed E-state index contributed by atoms with van der Waals surface area (Å²) >= 11 is 0. The third-order valence-corrected chi connectivity index (χ3v) is 6.96. The highest BCUT2D eigenvalue weighted by Gasteiger charge is 2.22. The fourth-order valence-electron chi connectivity index (χ4n) is 5.51. The molecule has 31 heavy (non-hydrogen) atoms. The number of hydrogen-bond donors (Lipinski definition) is 0. The Labute approximate surface area is 182 Å². The molecular weight excluding hydrogens is 376 g/mol. The number of benzene rings is 4. The monoisotopic (exact) mass is 402 g/mol. The number of aryl methyl sites for hydroxylation is 3. The van der Waals surface area contributed by atoms with Crippen molar-refractivity contribution >= 4 is 43.6 Å². The van der Waals surface area contributed by atoms with E-state index in [9.17, 15) is 0 Å². The van der Waals surface area contributed by atoms with E-state index in [0.29, 0.717) is 0 Å². The molecule has 0 bridgehead atoms. The maximum atomic E-state index is 2.53. The fourth-order valence-corrected chi connectivity index (χ4v) is 5.51. The zero-order valence-corrected chi connectivity index (χ0v) is 18.3. The van der Waals surface area contributed by atoms with Gasteiger partial charge >= 0.3 is 0 Å². The van der Waals surface area contributed by atoms with Crippen LogP contribution in [0, 0.1) is 13.8 Å². The molecule has 2 heterocycles. The standard InChI is InChI=1S/C29H26N2/c1-4-30-24-16-10-8-14-22(24)26-27-23-15-9-11-17-25(23)31(18-21-12-6-5-7-13-21)29(27)20(3)19(2)28(26)30/h5-17H,4,18H2,1-3H3. The van der Waals surface area contributed by atoms with Gasteiger partial charge in [-0.2, -0.15) is 0 Å². The minimum absolute atomic E-state index is 0.878. The molecule has 4 aromatic carbocycles. The molecule has 0 atom stereocenters. The molecule has 0 spiro atoms. The second-order valence-electron chi connectivity index (χ2n) is 8.55. The molecule has 0 unspecified atom stereocenters.